The molecule has 0 heterocycles. The van der Waals surface area contributed by atoms with E-state index in [0.29, 0.717) is 0 Å². The second-order valence-corrected chi connectivity index (χ2v) is 3.77. The molecule has 1 unspecified atom stereocenters. The maximum Gasteiger partial charge on any atom is 0.0337 e. The molecular weight excluding hydrogens is 170 g/mol. The summed E-state index contributed by atoms with van der Waals surface area (Å²) in [4.78, 5) is 0. The molecular formula is C13H21N. The molecule has 1 aromatic carbocycles. The second-order valence-electron chi connectivity index (χ2n) is 3.77. The normalized spacial score (nSPS) is 12.5. The third-order valence-electron chi connectivity index (χ3n) is 2.80. The van der Waals surface area contributed by atoms with Gasteiger partial charge in [-0.25, -0.2) is 0 Å². The molecule has 0 aliphatic rings. The van der Waals surface area contributed by atoms with E-state index >= 15 is 0 Å². The Bertz CT molecular complexity index is 250. The molecule has 78 valence electrons. The van der Waals surface area contributed by atoms with Gasteiger partial charge in [0, 0.05) is 12.7 Å². The lowest BCUT2D eigenvalue weighted by molar-refractivity contribution is 0.596. The summed E-state index contributed by atoms with van der Waals surface area (Å²) >= 11 is 0. The molecule has 1 atom stereocenters. The van der Waals surface area contributed by atoms with Gasteiger partial charge in [-0.15, -0.1) is 0 Å². The minimum absolute atomic E-state index is 0.742. The van der Waals surface area contributed by atoms with Gasteiger partial charge < -0.3 is 5.32 Å². The number of benzene rings is 1. The van der Waals surface area contributed by atoms with Gasteiger partial charge in [-0.05, 0) is 36.5 Å². The van der Waals surface area contributed by atoms with Gasteiger partial charge in [0.1, 0.15) is 0 Å². The Balaban J connectivity index is 2.73. The van der Waals surface area contributed by atoms with Crippen molar-refractivity contribution in [2.45, 2.75) is 39.0 Å². The summed E-state index contributed by atoms with van der Waals surface area (Å²) in [6, 6.07) is 8.81. The fourth-order valence-corrected chi connectivity index (χ4v) is 1.88. The van der Waals surface area contributed by atoms with E-state index in [1.807, 2.05) is 7.05 Å². The molecule has 1 heteroatoms. The lowest BCUT2D eigenvalue weighted by Gasteiger charge is -2.14. The first-order chi connectivity index (χ1) is 6.81. The maximum absolute atomic E-state index is 3.14. The molecule has 0 amide bonds. The smallest absolute Gasteiger partial charge is 0.0337 e. The summed E-state index contributed by atoms with van der Waals surface area (Å²) in [5, 5.41) is 3.14. The van der Waals surface area contributed by atoms with Crippen LogP contribution in [0.1, 0.15) is 44.6 Å². The number of hydrogen-bond donors (Lipinski definition) is 1. The molecule has 0 aliphatic heterocycles. The second kappa shape index (κ2) is 5.69. The van der Waals surface area contributed by atoms with E-state index in [-0.39, 0.29) is 0 Å². The van der Waals surface area contributed by atoms with Crippen molar-refractivity contribution >= 4 is 5.69 Å². The molecule has 1 N–H and O–H groups in total. The van der Waals surface area contributed by atoms with Crippen LogP contribution in [0.15, 0.2) is 24.3 Å². The molecule has 0 aliphatic carbocycles. The van der Waals surface area contributed by atoms with E-state index in [1.165, 1.54) is 30.5 Å². The molecule has 1 aromatic rings. The average molecular weight is 191 g/mol. The third-order valence-corrected chi connectivity index (χ3v) is 2.80. The summed E-state index contributed by atoms with van der Waals surface area (Å²) in [6.07, 6.45) is 3.81. The molecule has 1 rings (SSSR count). The van der Waals surface area contributed by atoms with Crippen LogP contribution < -0.4 is 5.32 Å². The van der Waals surface area contributed by atoms with E-state index in [0.717, 1.165) is 5.92 Å². The van der Waals surface area contributed by atoms with Crippen LogP contribution >= 0.6 is 0 Å². The molecule has 1 nitrogen and oxygen atoms in total. The van der Waals surface area contributed by atoms with E-state index < -0.39 is 0 Å². The fourth-order valence-electron chi connectivity index (χ4n) is 1.88. The van der Waals surface area contributed by atoms with Crippen LogP contribution in [0.5, 0.6) is 0 Å². The molecule has 14 heavy (non-hydrogen) atoms. The lowest BCUT2D eigenvalue weighted by atomic mass is 9.92. The molecule has 0 fully saturated rings. The summed E-state index contributed by atoms with van der Waals surface area (Å²) in [5.41, 5.74) is 2.67. The van der Waals surface area contributed by atoms with E-state index in [9.17, 15) is 0 Å². The van der Waals surface area contributed by atoms with Crippen molar-refractivity contribution in [3.8, 4) is 0 Å². The van der Waals surface area contributed by atoms with Gasteiger partial charge in [-0.1, -0.05) is 32.4 Å². The predicted molar refractivity (Wildman–Crippen MR) is 63.9 cm³/mol. The zero-order valence-corrected chi connectivity index (χ0v) is 9.51. The summed E-state index contributed by atoms with van der Waals surface area (Å²) < 4.78 is 0. The van der Waals surface area contributed by atoms with Gasteiger partial charge in [0.15, 0.2) is 0 Å². The van der Waals surface area contributed by atoms with E-state index in [1.54, 1.807) is 0 Å². The first-order valence-electron chi connectivity index (χ1n) is 5.59. The highest BCUT2D eigenvalue weighted by molar-refractivity contribution is 5.44. The number of rotatable bonds is 5. The zero-order valence-electron chi connectivity index (χ0n) is 9.51. The van der Waals surface area contributed by atoms with Gasteiger partial charge >= 0.3 is 0 Å². The Morgan fingerprint density at radius 1 is 1.14 bits per heavy atom. The molecule has 0 spiro atoms. The summed E-state index contributed by atoms with van der Waals surface area (Å²) in [7, 11) is 1.96. The van der Waals surface area contributed by atoms with Crippen molar-refractivity contribution in [2.24, 2.45) is 0 Å². The Morgan fingerprint density at radius 3 is 2.21 bits per heavy atom. The third kappa shape index (κ3) is 2.76. The minimum atomic E-state index is 0.742. The van der Waals surface area contributed by atoms with Crippen LogP contribution in [0.3, 0.4) is 0 Å². The predicted octanol–water partition coefficient (Wildman–Crippen LogP) is 4.02. The van der Waals surface area contributed by atoms with Crippen molar-refractivity contribution in [2.75, 3.05) is 12.4 Å². The fraction of sp³-hybridized carbons (Fsp3) is 0.538. The lowest BCUT2D eigenvalue weighted by Crippen LogP contribution is -1.97. The molecule has 0 aromatic heterocycles. The van der Waals surface area contributed by atoms with Crippen LogP contribution in [-0.4, -0.2) is 7.05 Å². The van der Waals surface area contributed by atoms with Crippen LogP contribution in [0, 0.1) is 0 Å². The van der Waals surface area contributed by atoms with Crippen molar-refractivity contribution < 1.29 is 0 Å². The largest absolute Gasteiger partial charge is 0.388 e. The van der Waals surface area contributed by atoms with Crippen molar-refractivity contribution in [1.82, 2.24) is 0 Å². The van der Waals surface area contributed by atoms with Crippen LogP contribution in [0.25, 0.3) is 0 Å². The van der Waals surface area contributed by atoms with Crippen molar-refractivity contribution in [1.29, 1.82) is 0 Å². The quantitative estimate of drug-likeness (QED) is 0.741. The Kier molecular flexibility index (Phi) is 4.51. The Morgan fingerprint density at radius 2 is 1.79 bits per heavy atom. The molecule has 0 radical (unpaired) electrons. The highest BCUT2D eigenvalue weighted by Gasteiger charge is 2.07. The molecule has 0 saturated carbocycles. The minimum Gasteiger partial charge on any atom is -0.388 e. The number of anilines is 1. The number of nitrogens with one attached hydrogen (secondary N) is 1. The van der Waals surface area contributed by atoms with E-state index in [4.69, 9.17) is 0 Å². The first-order valence-corrected chi connectivity index (χ1v) is 5.59. The van der Waals surface area contributed by atoms with Gasteiger partial charge in [0.2, 0.25) is 0 Å². The Labute approximate surface area is 87.5 Å². The SMILES string of the molecule is CCCC(CC)c1ccc(NC)cc1. The van der Waals surface area contributed by atoms with E-state index in [2.05, 4.69) is 43.4 Å². The monoisotopic (exact) mass is 191 g/mol. The van der Waals surface area contributed by atoms with Gasteiger partial charge in [0.25, 0.3) is 0 Å². The first kappa shape index (κ1) is 11.1. The summed E-state index contributed by atoms with van der Waals surface area (Å²) in [6.45, 7) is 4.52. The summed E-state index contributed by atoms with van der Waals surface area (Å²) in [5.74, 6) is 0.742. The highest BCUT2D eigenvalue weighted by atomic mass is 14.8. The van der Waals surface area contributed by atoms with Crippen molar-refractivity contribution in [3.05, 3.63) is 29.8 Å². The Hall–Kier alpha value is -0.980. The topological polar surface area (TPSA) is 12.0 Å². The molecule has 0 bridgehead atoms. The molecule has 0 saturated heterocycles. The van der Waals surface area contributed by atoms with Crippen LogP contribution in [0.4, 0.5) is 5.69 Å². The van der Waals surface area contributed by atoms with Gasteiger partial charge in [-0.3, -0.25) is 0 Å². The van der Waals surface area contributed by atoms with Gasteiger partial charge in [-0.2, -0.15) is 0 Å². The van der Waals surface area contributed by atoms with Crippen LogP contribution in [-0.2, 0) is 0 Å². The van der Waals surface area contributed by atoms with Gasteiger partial charge in [0.05, 0.1) is 0 Å². The zero-order chi connectivity index (χ0) is 10.4. The highest BCUT2D eigenvalue weighted by Crippen LogP contribution is 2.25. The van der Waals surface area contributed by atoms with Crippen LogP contribution in [0.2, 0.25) is 0 Å². The van der Waals surface area contributed by atoms with Crippen molar-refractivity contribution in [3.63, 3.8) is 0 Å². The standard InChI is InChI=1S/C13H21N/c1-4-6-11(5-2)12-7-9-13(14-3)10-8-12/h7-11,14H,4-6H2,1-3H3. The maximum atomic E-state index is 3.14. The number of hydrogen-bond acceptors (Lipinski definition) is 1. The average Bonchev–Trinajstić information content (AvgIpc) is 2.26.